The Morgan fingerprint density at radius 1 is 0.585 bits per heavy atom. The smallest absolute Gasteiger partial charge is 0.328 e. The van der Waals surface area contributed by atoms with Crippen LogP contribution in [-0.4, -0.2) is 174 Å². The van der Waals surface area contributed by atoms with Crippen LogP contribution in [-0.2, 0) is 66.7 Å². The van der Waals surface area contributed by atoms with Gasteiger partial charge in [0.15, 0.2) is 30.6 Å². The van der Waals surface area contributed by atoms with E-state index in [1.54, 1.807) is 27.7 Å². The van der Waals surface area contributed by atoms with Crippen LogP contribution in [0.1, 0.15) is 148 Å². The highest BCUT2D eigenvalue weighted by molar-refractivity contribution is 5.96. The van der Waals surface area contributed by atoms with Crippen molar-refractivity contribution >= 4 is 41.4 Å². The molecular weight excluding hydrogens is 1070 g/mol. The van der Waals surface area contributed by atoms with Crippen LogP contribution in [0.15, 0.2) is 11.6 Å². The second-order valence-corrected chi connectivity index (χ2v) is 27.9. The molecule has 0 aromatic heterocycles. The molecule has 464 valence electrons. The quantitative estimate of drug-likeness (QED) is 0.0626. The molecule has 0 aromatic carbocycles. The highest BCUT2D eigenvalue weighted by Gasteiger charge is 2.71. The van der Waals surface area contributed by atoms with Crippen LogP contribution in [0.5, 0.6) is 0 Å². The first-order valence-corrected chi connectivity index (χ1v) is 29.5. The van der Waals surface area contributed by atoms with Gasteiger partial charge in [-0.1, -0.05) is 95.6 Å². The summed E-state index contributed by atoms with van der Waals surface area (Å²) in [6.07, 6.45) is -12.8. The molecule has 0 spiro atoms. The van der Waals surface area contributed by atoms with Gasteiger partial charge >= 0.3 is 17.9 Å². The van der Waals surface area contributed by atoms with E-state index in [1.165, 1.54) is 7.11 Å². The number of carbonyl (C=O) groups excluding carboxylic acids is 7. The number of carbonyl (C=O) groups is 7. The lowest BCUT2D eigenvalue weighted by Gasteiger charge is -2.70. The number of hydrogen-bond acceptors (Lipinski definition) is 19. The van der Waals surface area contributed by atoms with Gasteiger partial charge in [-0.15, -0.1) is 0 Å². The molecule has 2 heterocycles. The number of amides is 3. The van der Waals surface area contributed by atoms with E-state index in [0.717, 1.165) is 39.1 Å². The Labute approximate surface area is 482 Å². The number of rotatable bonds is 16. The van der Waals surface area contributed by atoms with Crippen molar-refractivity contribution in [3.63, 3.8) is 0 Å². The van der Waals surface area contributed by atoms with Crippen molar-refractivity contribution in [3.05, 3.63) is 11.6 Å². The summed E-state index contributed by atoms with van der Waals surface area (Å²) >= 11 is 0. The summed E-state index contributed by atoms with van der Waals surface area (Å²) in [5, 5.41) is 65.3. The Balaban J connectivity index is 1.19. The molecule has 8 N–H and O–H groups in total. The normalized spacial score (nSPS) is 41.7. The molecule has 0 bridgehead atoms. The molecule has 3 amide bonds. The molecule has 0 radical (unpaired) electrons. The summed E-state index contributed by atoms with van der Waals surface area (Å²) in [5.41, 5.74) is -2.14. The molecule has 6 fully saturated rings. The number of esters is 3. The number of aliphatic hydroxyl groups is 5. The minimum absolute atomic E-state index is 0.0425. The summed E-state index contributed by atoms with van der Waals surface area (Å²) in [7, 11) is 3.60. The average Bonchev–Trinajstić information content (AvgIpc) is 2.01. The number of aliphatic hydroxyl groups excluding tert-OH is 5. The van der Waals surface area contributed by atoms with E-state index >= 15 is 4.79 Å². The summed E-state index contributed by atoms with van der Waals surface area (Å²) in [6, 6.07) is -3.20. The van der Waals surface area contributed by atoms with E-state index in [-0.39, 0.29) is 34.9 Å². The number of allylic oxidation sites excluding steroid dienone is 2. The van der Waals surface area contributed by atoms with Gasteiger partial charge in [-0.2, -0.15) is 0 Å². The van der Waals surface area contributed by atoms with E-state index in [0.29, 0.717) is 38.5 Å². The van der Waals surface area contributed by atoms with Gasteiger partial charge in [0.2, 0.25) is 5.91 Å². The first-order valence-electron chi connectivity index (χ1n) is 29.5. The largest absolute Gasteiger partial charge is 0.467 e. The number of hydrogen-bond donors (Lipinski definition) is 8. The zero-order chi connectivity index (χ0) is 61.3. The Hall–Kier alpha value is -4.13. The lowest BCUT2D eigenvalue weighted by atomic mass is 9.33. The third-order valence-corrected chi connectivity index (χ3v) is 21.5. The zero-order valence-corrected chi connectivity index (χ0v) is 50.9. The third kappa shape index (κ3) is 11.3. The van der Waals surface area contributed by atoms with Crippen LogP contribution in [0.3, 0.4) is 0 Å². The van der Waals surface area contributed by atoms with Crippen molar-refractivity contribution in [2.24, 2.45) is 68.0 Å². The molecule has 7 rings (SSSR count). The number of ether oxygens (including phenoxy) is 7. The van der Waals surface area contributed by atoms with Gasteiger partial charge in [0.05, 0.1) is 27.4 Å². The number of fused-ring (bicyclic) bond motifs is 7. The molecule has 22 heteroatoms. The van der Waals surface area contributed by atoms with Crippen molar-refractivity contribution in [3.8, 4) is 0 Å². The molecule has 2 saturated heterocycles. The van der Waals surface area contributed by atoms with Gasteiger partial charge in [-0.25, -0.2) is 14.4 Å². The highest BCUT2D eigenvalue weighted by Crippen LogP contribution is 2.75. The minimum atomic E-state index is -2.09. The lowest BCUT2D eigenvalue weighted by Crippen LogP contribution is -2.69. The summed E-state index contributed by atoms with van der Waals surface area (Å²) in [5.74, 6) is -6.13. The van der Waals surface area contributed by atoms with Crippen molar-refractivity contribution in [2.75, 3.05) is 21.3 Å². The van der Waals surface area contributed by atoms with E-state index in [2.05, 4.69) is 43.6 Å². The van der Waals surface area contributed by atoms with E-state index in [9.17, 15) is 54.3 Å². The number of ketones is 1. The summed E-state index contributed by atoms with van der Waals surface area (Å²) in [4.78, 5) is 95.8. The second-order valence-electron chi connectivity index (χ2n) is 27.9. The van der Waals surface area contributed by atoms with Crippen molar-refractivity contribution < 1.29 is 92.3 Å². The number of nitrogens with one attached hydrogen (secondary N) is 3. The van der Waals surface area contributed by atoms with Gasteiger partial charge in [0.1, 0.15) is 54.7 Å². The first kappa shape index (κ1) is 65.4. The topological polar surface area (TPSA) is 321 Å². The van der Waals surface area contributed by atoms with E-state index in [4.69, 9.17) is 33.2 Å². The molecule has 0 aromatic rings. The second kappa shape index (κ2) is 24.0. The Morgan fingerprint density at radius 2 is 1.07 bits per heavy atom. The van der Waals surface area contributed by atoms with Gasteiger partial charge < -0.3 is 74.6 Å². The SMILES string of the molecule is COC(=O)[C@@H](NC(=O)[C@H]1O[C@@H](O[C@H]2[C@@H](O[C@H]3CC[C@]4(C)[C@H]5C(=O)C=C6[C@@H]7C[C@@](C)(C(=O)N[C@H](C(=O)OC)C(C)C)CC[C@]7(C)CC[C@@]6(C)[C@]5(C)CC[C@H]4C3(C)C)O[C@H](C(=O)N[C@H](C(=O)OC)C(C)C)[C@@H](O)[C@@H]2O)[C@H](O)[C@@H](O)[C@@H]1O)C(C)C. The Bertz CT molecular complexity index is 2470. The van der Waals surface area contributed by atoms with Crippen LogP contribution in [0.4, 0.5) is 0 Å². The summed E-state index contributed by atoms with van der Waals surface area (Å²) < 4.78 is 40.1. The molecule has 82 heavy (non-hydrogen) atoms. The maximum absolute atomic E-state index is 15.4. The third-order valence-electron chi connectivity index (χ3n) is 21.5. The van der Waals surface area contributed by atoms with Crippen molar-refractivity contribution in [1.29, 1.82) is 0 Å². The van der Waals surface area contributed by atoms with E-state index in [1.807, 2.05) is 40.7 Å². The first-order chi connectivity index (χ1) is 38.0. The fraction of sp³-hybridized carbons (Fsp3) is 0.850. The zero-order valence-electron chi connectivity index (χ0n) is 50.9. The average molecular weight is 1160 g/mol. The predicted octanol–water partition coefficient (Wildman–Crippen LogP) is 2.93. The molecular formula is C60H95N3O19. The minimum Gasteiger partial charge on any atom is -0.467 e. The van der Waals surface area contributed by atoms with Gasteiger partial charge in [0, 0.05) is 11.3 Å². The number of methoxy groups -OCH3 is 3. The molecule has 22 atom stereocenters. The lowest BCUT2D eigenvalue weighted by molar-refractivity contribution is -0.369. The van der Waals surface area contributed by atoms with Crippen LogP contribution in [0, 0.1) is 68.0 Å². The van der Waals surface area contributed by atoms with Gasteiger partial charge in [-0.05, 0) is 121 Å². The monoisotopic (exact) mass is 1160 g/mol. The maximum atomic E-state index is 15.4. The fourth-order valence-electron chi connectivity index (χ4n) is 16.1. The predicted molar refractivity (Wildman–Crippen MR) is 293 cm³/mol. The van der Waals surface area contributed by atoms with Crippen LogP contribution < -0.4 is 16.0 Å². The maximum Gasteiger partial charge on any atom is 0.328 e. The Kier molecular flexibility index (Phi) is 19.1. The molecule has 22 nitrogen and oxygen atoms in total. The molecule has 4 saturated carbocycles. The van der Waals surface area contributed by atoms with Gasteiger partial charge in [-0.3, -0.25) is 19.2 Å². The fourth-order valence-corrected chi connectivity index (χ4v) is 16.1. The standard InChI is InChI=1S/C60H95N3O19/c1-27(2)35(49(72)76-14)61-47(70)43-39(66)38(65)42(69)52(80-43)82-45-41(68)40(67)44(48(71)62-36(28(3)4)50(73)77-15)81-53(45)79-34-18-19-58(11)33(55(34,7)8)17-20-60(13)46(58)32(64)25-30-31-26-57(10,22-21-56(31,9)23-24-59(30,60)12)54(75)63-37(29(5)6)51(74)78-16/h25,27-29,31,33-46,52-53,65-69H,17-24,26H2,1-16H3,(H,61,70)(H,62,71)(H,63,75)/t31-,33-,34-,35-,36-,37-,38-,39-,40-,41-,42+,43-,44-,45+,46+,52-,53-,56+,57-,58-,59+,60+/m0/s1. The highest BCUT2D eigenvalue weighted by atomic mass is 16.8. The van der Waals surface area contributed by atoms with E-state index < -0.39 is 160 Å². The molecule has 0 unspecified atom stereocenters. The van der Waals surface area contributed by atoms with Crippen LogP contribution in [0.25, 0.3) is 0 Å². The van der Waals surface area contributed by atoms with Crippen molar-refractivity contribution in [1.82, 2.24) is 16.0 Å². The molecule has 5 aliphatic carbocycles. The molecule has 2 aliphatic heterocycles. The Morgan fingerprint density at radius 3 is 1.59 bits per heavy atom. The van der Waals surface area contributed by atoms with Crippen LogP contribution >= 0.6 is 0 Å². The summed E-state index contributed by atoms with van der Waals surface area (Å²) in [6.45, 7) is 25.4. The van der Waals surface area contributed by atoms with Crippen molar-refractivity contribution in [2.45, 2.75) is 233 Å². The van der Waals surface area contributed by atoms with Crippen LogP contribution in [0.2, 0.25) is 0 Å². The molecule has 7 aliphatic rings. The van der Waals surface area contributed by atoms with Gasteiger partial charge in [0.25, 0.3) is 11.8 Å².